The molecule has 6 heteroatoms. The monoisotopic (exact) mass is 297 g/mol. The summed E-state index contributed by atoms with van der Waals surface area (Å²) in [7, 11) is -2.92. The molecule has 0 bridgehead atoms. The predicted molar refractivity (Wildman–Crippen MR) is 78.9 cm³/mol. The molecule has 0 amide bonds. The topological polar surface area (TPSA) is 63.2 Å². The molecule has 2 aliphatic heterocycles. The Morgan fingerprint density at radius 2 is 2.00 bits per heavy atom. The van der Waals surface area contributed by atoms with Crippen molar-refractivity contribution in [3.05, 3.63) is 29.3 Å². The second-order valence-electron chi connectivity index (χ2n) is 5.28. The van der Waals surface area contributed by atoms with E-state index in [4.69, 9.17) is 5.73 Å². The smallest absolute Gasteiger partial charge is 0.281 e. The zero-order valence-electron chi connectivity index (χ0n) is 11.0. The molecule has 2 atom stereocenters. The average Bonchev–Trinajstić information content (AvgIpc) is 2.73. The maximum absolute atomic E-state index is 11.8. The van der Waals surface area contributed by atoms with E-state index in [1.165, 1.54) is 22.9 Å². The van der Waals surface area contributed by atoms with Crippen LogP contribution in [0, 0.1) is 13.8 Å². The lowest BCUT2D eigenvalue weighted by atomic mass is 10.1. The standard InChI is InChI=1S/C13H16N2O2S2/c1-8-3-4-10(5-9(8)2)15-11-6-19(16,17)7-12(11)18-13(15)14/h3-5,11-12,14H,6-7H2,1-2H3/p+1. The molecule has 0 spiro atoms. The Morgan fingerprint density at radius 1 is 1.26 bits per heavy atom. The highest BCUT2D eigenvalue weighted by molar-refractivity contribution is 8.15. The third-order valence-electron chi connectivity index (χ3n) is 3.88. The molecule has 1 saturated heterocycles. The van der Waals surface area contributed by atoms with Crippen LogP contribution in [0.1, 0.15) is 11.1 Å². The van der Waals surface area contributed by atoms with Crippen molar-refractivity contribution in [2.45, 2.75) is 25.1 Å². The van der Waals surface area contributed by atoms with Gasteiger partial charge in [-0.25, -0.2) is 13.0 Å². The number of benzene rings is 1. The zero-order valence-corrected chi connectivity index (χ0v) is 12.6. The maximum Gasteiger partial charge on any atom is 0.310 e. The van der Waals surface area contributed by atoms with Gasteiger partial charge in [0.25, 0.3) is 0 Å². The summed E-state index contributed by atoms with van der Waals surface area (Å²) in [4.78, 5) is 0. The third-order valence-corrected chi connectivity index (χ3v) is 7.03. The number of aryl methyl sites for hydroxylation is 2. The number of nitrogens with two attached hydrogens (primary N) is 1. The SMILES string of the molecule is Cc1ccc([N+]2=C(N)SC3CS(=O)(=O)CC32)cc1C. The van der Waals surface area contributed by atoms with E-state index in [1.54, 1.807) is 0 Å². The lowest BCUT2D eigenvalue weighted by Gasteiger charge is -2.12. The summed E-state index contributed by atoms with van der Waals surface area (Å²) >= 11 is 1.49. The van der Waals surface area contributed by atoms with Crippen molar-refractivity contribution in [1.82, 2.24) is 0 Å². The van der Waals surface area contributed by atoms with Crippen molar-refractivity contribution in [2.75, 3.05) is 11.5 Å². The summed E-state index contributed by atoms with van der Waals surface area (Å²) in [5.74, 6) is 0.447. The van der Waals surface area contributed by atoms with Crippen LogP contribution in [0.5, 0.6) is 0 Å². The molecule has 0 saturated carbocycles. The summed E-state index contributed by atoms with van der Waals surface area (Å²) in [6, 6.07) is 6.13. The highest BCUT2D eigenvalue weighted by atomic mass is 32.2. The first kappa shape index (κ1) is 13.0. The van der Waals surface area contributed by atoms with Gasteiger partial charge >= 0.3 is 5.17 Å². The van der Waals surface area contributed by atoms with Gasteiger partial charge in [0.2, 0.25) is 0 Å². The second-order valence-corrected chi connectivity index (χ2v) is 8.69. The fourth-order valence-electron chi connectivity index (χ4n) is 2.72. The summed E-state index contributed by atoms with van der Waals surface area (Å²) in [5.41, 5.74) is 9.51. The van der Waals surface area contributed by atoms with Crippen LogP contribution in [0.25, 0.3) is 0 Å². The number of hydrogen-bond donors (Lipinski definition) is 1. The molecule has 1 fully saturated rings. The van der Waals surface area contributed by atoms with E-state index < -0.39 is 9.84 Å². The zero-order chi connectivity index (χ0) is 13.8. The molecule has 2 N–H and O–H groups in total. The van der Waals surface area contributed by atoms with Gasteiger partial charge in [-0.1, -0.05) is 6.07 Å². The maximum atomic E-state index is 11.8. The van der Waals surface area contributed by atoms with Gasteiger partial charge < -0.3 is 0 Å². The van der Waals surface area contributed by atoms with E-state index in [2.05, 4.69) is 26.0 Å². The van der Waals surface area contributed by atoms with Gasteiger partial charge in [0, 0.05) is 0 Å². The van der Waals surface area contributed by atoms with Crippen LogP contribution in [-0.4, -0.2) is 41.0 Å². The summed E-state index contributed by atoms with van der Waals surface area (Å²) in [6.45, 7) is 4.12. The summed E-state index contributed by atoms with van der Waals surface area (Å²) < 4.78 is 25.5. The Bertz CT molecular complexity index is 680. The first-order chi connectivity index (χ1) is 8.87. The van der Waals surface area contributed by atoms with Gasteiger partial charge in [0.05, 0.1) is 16.8 Å². The fraction of sp³-hybridized carbons (Fsp3) is 0.462. The molecule has 1 aromatic carbocycles. The van der Waals surface area contributed by atoms with Crippen LogP contribution in [0.3, 0.4) is 0 Å². The largest absolute Gasteiger partial charge is 0.310 e. The van der Waals surface area contributed by atoms with E-state index >= 15 is 0 Å². The lowest BCUT2D eigenvalue weighted by Crippen LogP contribution is -2.29. The molecule has 102 valence electrons. The molecule has 2 unspecified atom stereocenters. The molecule has 2 aliphatic rings. The predicted octanol–water partition coefficient (Wildman–Crippen LogP) is 1.17. The van der Waals surface area contributed by atoms with Gasteiger partial charge in [0.1, 0.15) is 11.7 Å². The molecular weight excluding hydrogens is 280 g/mol. The first-order valence-electron chi connectivity index (χ1n) is 6.23. The minimum atomic E-state index is -2.92. The van der Waals surface area contributed by atoms with Crippen LogP contribution in [0.4, 0.5) is 5.69 Å². The molecule has 0 aromatic heterocycles. The van der Waals surface area contributed by atoms with E-state index in [9.17, 15) is 8.42 Å². The van der Waals surface area contributed by atoms with Crippen LogP contribution >= 0.6 is 11.8 Å². The molecule has 19 heavy (non-hydrogen) atoms. The van der Waals surface area contributed by atoms with Gasteiger partial charge in [-0.2, -0.15) is 0 Å². The number of rotatable bonds is 1. The molecular formula is C13H17N2O2S2+. The van der Waals surface area contributed by atoms with Crippen molar-refractivity contribution < 1.29 is 13.0 Å². The normalized spacial score (nSPS) is 28.7. The minimum Gasteiger partial charge on any atom is -0.281 e. The second kappa shape index (κ2) is 4.24. The van der Waals surface area contributed by atoms with Gasteiger partial charge in [-0.15, -0.1) is 0 Å². The van der Waals surface area contributed by atoms with Crippen LogP contribution in [-0.2, 0) is 9.84 Å². The minimum absolute atomic E-state index is 0.0166. The number of amidine groups is 1. The Labute approximate surface area is 117 Å². The van der Waals surface area contributed by atoms with Crippen LogP contribution in [0.2, 0.25) is 0 Å². The number of nitrogens with zero attached hydrogens (tertiary/aromatic N) is 1. The Hall–Kier alpha value is -1.01. The quantitative estimate of drug-likeness (QED) is 0.791. The molecule has 0 aliphatic carbocycles. The first-order valence-corrected chi connectivity index (χ1v) is 8.93. The van der Waals surface area contributed by atoms with Crippen LogP contribution < -0.4 is 5.73 Å². The Balaban J connectivity index is 2.04. The molecule has 1 aromatic rings. The van der Waals surface area contributed by atoms with Gasteiger partial charge in [0.15, 0.2) is 9.84 Å². The van der Waals surface area contributed by atoms with Crippen LogP contribution in [0.15, 0.2) is 18.2 Å². The molecule has 0 radical (unpaired) electrons. The molecule has 2 heterocycles. The van der Waals surface area contributed by atoms with E-state index in [1.807, 2.05) is 10.6 Å². The van der Waals surface area contributed by atoms with Gasteiger partial charge in [-0.3, -0.25) is 5.73 Å². The van der Waals surface area contributed by atoms with Gasteiger partial charge in [-0.05, 0) is 48.9 Å². The van der Waals surface area contributed by atoms with Crippen molar-refractivity contribution >= 4 is 32.5 Å². The highest BCUT2D eigenvalue weighted by Crippen LogP contribution is 2.36. The highest BCUT2D eigenvalue weighted by Gasteiger charge is 2.49. The van der Waals surface area contributed by atoms with Crippen molar-refractivity contribution in [2.24, 2.45) is 5.73 Å². The van der Waals surface area contributed by atoms with Crippen molar-refractivity contribution in [3.63, 3.8) is 0 Å². The summed E-state index contributed by atoms with van der Waals surface area (Å²) in [6.07, 6.45) is 0. The number of fused-ring (bicyclic) bond motifs is 1. The Morgan fingerprint density at radius 3 is 2.68 bits per heavy atom. The number of sulfone groups is 1. The van der Waals surface area contributed by atoms with Crippen molar-refractivity contribution in [1.29, 1.82) is 0 Å². The molecule has 4 nitrogen and oxygen atoms in total. The average molecular weight is 297 g/mol. The van der Waals surface area contributed by atoms with Crippen molar-refractivity contribution in [3.8, 4) is 0 Å². The lowest BCUT2D eigenvalue weighted by molar-refractivity contribution is -0.470. The number of thioether (sulfide) groups is 1. The van der Waals surface area contributed by atoms with E-state index in [-0.39, 0.29) is 22.8 Å². The summed E-state index contributed by atoms with van der Waals surface area (Å²) in [5, 5.41) is 0.791. The van der Waals surface area contributed by atoms with E-state index in [0.717, 1.165) is 5.69 Å². The number of hydrogen-bond acceptors (Lipinski definition) is 4. The van der Waals surface area contributed by atoms with E-state index in [0.29, 0.717) is 5.17 Å². The fourth-order valence-corrected chi connectivity index (χ4v) is 6.54. The third kappa shape index (κ3) is 2.17. The molecule has 3 rings (SSSR count). The Kier molecular flexibility index (Phi) is 2.90.